The molecule has 1 aliphatic rings. The third-order valence-electron chi connectivity index (χ3n) is 4.54. The number of aliphatic imine (C=N–C) groups is 1. The van der Waals surface area contributed by atoms with E-state index in [9.17, 15) is 0 Å². The zero-order valence-corrected chi connectivity index (χ0v) is 20.6. The summed E-state index contributed by atoms with van der Waals surface area (Å²) in [6, 6.07) is 6.37. The van der Waals surface area contributed by atoms with Gasteiger partial charge in [0.05, 0.1) is 19.8 Å². The number of benzene rings is 1. The van der Waals surface area contributed by atoms with Crippen LogP contribution in [0.1, 0.15) is 37.3 Å². The minimum Gasteiger partial charge on any atom is -0.493 e. The maximum Gasteiger partial charge on any atom is 0.191 e. The molecule has 160 valence electrons. The lowest BCUT2D eigenvalue weighted by molar-refractivity contribution is 0.166. The summed E-state index contributed by atoms with van der Waals surface area (Å²) in [5, 5.41) is 6.76. The standard InChI is InChI=1S/C21H35N3O2S.HI/c1-4-22-21(23-10-5-6-12-27-3)24-14-19-8-7-17(2)13-20(19)26-16-18-9-11-25-15-18;/h7-8,13,18H,4-6,9-12,14-16H2,1-3H3,(H2,22,23,24);1H. The zero-order valence-electron chi connectivity index (χ0n) is 17.5. The number of rotatable bonds is 11. The lowest BCUT2D eigenvalue weighted by Crippen LogP contribution is -2.37. The minimum absolute atomic E-state index is 0. The molecule has 1 aromatic rings. The second-order valence-electron chi connectivity index (χ2n) is 6.97. The molecule has 1 heterocycles. The molecular weight excluding hydrogens is 485 g/mol. The minimum atomic E-state index is 0. The summed E-state index contributed by atoms with van der Waals surface area (Å²) in [7, 11) is 0. The highest BCUT2D eigenvalue weighted by Crippen LogP contribution is 2.23. The third-order valence-corrected chi connectivity index (χ3v) is 5.24. The van der Waals surface area contributed by atoms with Gasteiger partial charge in [-0.3, -0.25) is 0 Å². The Hall–Kier alpha value is -0.670. The van der Waals surface area contributed by atoms with E-state index in [0.29, 0.717) is 19.1 Å². The largest absolute Gasteiger partial charge is 0.493 e. The first-order valence-electron chi connectivity index (χ1n) is 10.0. The van der Waals surface area contributed by atoms with Crippen molar-refractivity contribution in [3.05, 3.63) is 29.3 Å². The second kappa shape index (κ2) is 15.2. The van der Waals surface area contributed by atoms with Crippen molar-refractivity contribution in [3.63, 3.8) is 0 Å². The Balaban J connectivity index is 0.00000392. The van der Waals surface area contributed by atoms with Crippen LogP contribution in [0.5, 0.6) is 5.75 Å². The van der Waals surface area contributed by atoms with Gasteiger partial charge in [0, 0.05) is 31.2 Å². The molecule has 1 saturated heterocycles. The van der Waals surface area contributed by atoms with Gasteiger partial charge in [-0.2, -0.15) is 11.8 Å². The van der Waals surface area contributed by atoms with Crippen LogP contribution >= 0.6 is 35.7 Å². The number of hydrogen-bond acceptors (Lipinski definition) is 4. The van der Waals surface area contributed by atoms with E-state index in [1.54, 1.807) is 0 Å². The van der Waals surface area contributed by atoms with Crippen molar-refractivity contribution in [3.8, 4) is 5.75 Å². The van der Waals surface area contributed by atoms with Gasteiger partial charge in [-0.1, -0.05) is 12.1 Å². The van der Waals surface area contributed by atoms with E-state index in [-0.39, 0.29) is 24.0 Å². The van der Waals surface area contributed by atoms with E-state index in [1.165, 1.54) is 17.7 Å². The Bertz CT molecular complexity index is 581. The van der Waals surface area contributed by atoms with E-state index in [4.69, 9.17) is 14.5 Å². The van der Waals surface area contributed by atoms with Gasteiger partial charge < -0.3 is 20.1 Å². The first-order valence-corrected chi connectivity index (χ1v) is 11.4. The molecule has 0 amide bonds. The molecule has 0 spiro atoms. The average molecular weight is 522 g/mol. The van der Waals surface area contributed by atoms with Gasteiger partial charge in [0.15, 0.2) is 5.96 Å². The van der Waals surface area contributed by atoms with E-state index in [2.05, 4.69) is 48.9 Å². The summed E-state index contributed by atoms with van der Waals surface area (Å²) in [5.41, 5.74) is 2.33. The molecule has 2 N–H and O–H groups in total. The highest BCUT2D eigenvalue weighted by Gasteiger charge is 2.17. The number of guanidine groups is 1. The predicted octanol–water partition coefficient (Wildman–Crippen LogP) is 4.23. The number of hydrogen-bond donors (Lipinski definition) is 2. The topological polar surface area (TPSA) is 54.9 Å². The molecule has 2 rings (SSSR count). The summed E-state index contributed by atoms with van der Waals surface area (Å²) >= 11 is 1.90. The predicted molar refractivity (Wildman–Crippen MR) is 131 cm³/mol. The fourth-order valence-corrected chi connectivity index (χ4v) is 3.43. The maximum atomic E-state index is 6.13. The molecule has 1 unspecified atom stereocenters. The molecule has 1 atom stereocenters. The van der Waals surface area contributed by atoms with Crippen LogP contribution < -0.4 is 15.4 Å². The Labute approximate surface area is 191 Å². The summed E-state index contributed by atoms with van der Waals surface area (Å²) in [6.45, 7) is 8.98. The highest BCUT2D eigenvalue weighted by atomic mass is 127. The van der Waals surface area contributed by atoms with Crippen LogP contribution in [0.4, 0.5) is 0 Å². The van der Waals surface area contributed by atoms with Crippen molar-refractivity contribution < 1.29 is 9.47 Å². The Kier molecular flexibility index (Phi) is 13.8. The maximum absolute atomic E-state index is 6.13. The first-order chi connectivity index (χ1) is 13.2. The summed E-state index contributed by atoms with van der Waals surface area (Å²) in [6.07, 6.45) is 5.63. The van der Waals surface area contributed by atoms with Crippen LogP contribution in [0.3, 0.4) is 0 Å². The Morgan fingerprint density at radius 3 is 2.89 bits per heavy atom. The third kappa shape index (κ3) is 9.69. The molecule has 1 aromatic carbocycles. The van der Waals surface area contributed by atoms with Crippen molar-refractivity contribution >= 4 is 41.7 Å². The van der Waals surface area contributed by atoms with E-state index in [1.807, 2.05) is 11.8 Å². The molecule has 0 bridgehead atoms. The highest BCUT2D eigenvalue weighted by molar-refractivity contribution is 14.0. The van der Waals surface area contributed by atoms with Crippen LogP contribution in [-0.2, 0) is 11.3 Å². The van der Waals surface area contributed by atoms with Crippen LogP contribution in [0.25, 0.3) is 0 Å². The van der Waals surface area contributed by atoms with Crippen LogP contribution in [0.2, 0.25) is 0 Å². The lowest BCUT2D eigenvalue weighted by atomic mass is 10.1. The molecule has 1 aliphatic heterocycles. The van der Waals surface area contributed by atoms with E-state index < -0.39 is 0 Å². The number of thioether (sulfide) groups is 1. The van der Waals surface area contributed by atoms with Crippen molar-refractivity contribution in [2.24, 2.45) is 10.9 Å². The number of ether oxygens (including phenoxy) is 2. The fraction of sp³-hybridized carbons (Fsp3) is 0.667. The summed E-state index contributed by atoms with van der Waals surface area (Å²) in [4.78, 5) is 4.76. The average Bonchev–Trinajstić information content (AvgIpc) is 3.18. The molecule has 0 saturated carbocycles. The number of aryl methyl sites for hydroxylation is 1. The normalized spacial score (nSPS) is 16.5. The van der Waals surface area contributed by atoms with Crippen molar-refractivity contribution in [2.75, 3.05) is 44.9 Å². The van der Waals surface area contributed by atoms with Gasteiger partial charge in [0.25, 0.3) is 0 Å². The Morgan fingerprint density at radius 1 is 1.32 bits per heavy atom. The van der Waals surface area contributed by atoms with Gasteiger partial charge >= 0.3 is 0 Å². The van der Waals surface area contributed by atoms with Crippen LogP contribution in [0.15, 0.2) is 23.2 Å². The molecule has 28 heavy (non-hydrogen) atoms. The SMILES string of the molecule is CCNC(=NCc1ccc(C)cc1OCC1CCOC1)NCCCCSC.I. The number of unbranched alkanes of at least 4 members (excludes halogenated alkanes) is 1. The summed E-state index contributed by atoms with van der Waals surface area (Å²) in [5.74, 6) is 3.53. The van der Waals surface area contributed by atoms with Gasteiger partial charge in [-0.15, -0.1) is 24.0 Å². The van der Waals surface area contributed by atoms with Crippen LogP contribution in [0, 0.1) is 12.8 Å². The van der Waals surface area contributed by atoms with Crippen molar-refractivity contribution in [2.45, 2.75) is 39.7 Å². The molecule has 0 aliphatic carbocycles. The molecule has 0 aromatic heterocycles. The smallest absolute Gasteiger partial charge is 0.191 e. The molecule has 5 nitrogen and oxygen atoms in total. The second-order valence-corrected chi connectivity index (χ2v) is 7.96. The number of nitrogens with one attached hydrogen (secondary N) is 2. The molecule has 0 radical (unpaired) electrons. The van der Waals surface area contributed by atoms with Crippen molar-refractivity contribution in [1.29, 1.82) is 0 Å². The molecule has 1 fully saturated rings. The summed E-state index contributed by atoms with van der Waals surface area (Å²) < 4.78 is 11.6. The van der Waals surface area contributed by atoms with Gasteiger partial charge in [-0.25, -0.2) is 4.99 Å². The quantitative estimate of drug-likeness (QED) is 0.198. The lowest BCUT2D eigenvalue weighted by Gasteiger charge is -2.15. The van der Waals surface area contributed by atoms with Gasteiger partial charge in [-0.05, 0) is 56.7 Å². The Morgan fingerprint density at radius 2 is 2.18 bits per heavy atom. The van der Waals surface area contributed by atoms with Gasteiger partial charge in [0.1, 0.15) is 5.75 Å². The molecule has 7 heteroatoms. The monoisotopic (exact) mass is 521 g/mol. The molecular formula is C21H36IN3O2S. The van der Waals surface area contributed by atoms with Crippen molar-refractivity contribution in [1.82, 2.24) is 10.6 Å². The van der Waals surface area contributed by atoms with E-state index in [0.717, 1.165) is 56.4 Å². The first kappa shape index (κ1) is 25.4. The number of halogens is 1. The van der Waals surface area contributed by atoms with E-state index >= 15 is 0 Å². The zero-order chi connectivity index (χ0) is 19.3. The fourth-order valence-electron chi connectivity index (χ4n) is 2.93. The number of nitrogens with zero attached hydrogens (tertiary/aromatic N) is 1. The van der Waals surface area contributed by atoms with Crippen LogP contribution in [-0.4, -0.2) is 50.9 Å². The van der Waals surface area contributed by atoms with Gasteiger partial charge in [0.2, 0.25) is 0 Å².